The number of fused-ring (bicyclic) bond motifs is 1. The Labute approximate surface area is 185 Å². The van der Waals surface area contributed by atoms with Crippen LogP contribution in [-0.4, -0.2) is 74.8 Å². The minimum Gasteiger partial charge on any atom is -0.496 e. The number of ether oxygens (including phenoxy) is 2. The number of benzene rings is 2. The van der Waals surface area contributed by atoms with Crippen molar-refractivity contribution in [2.24, 2.45) is 4.99 Å². The highest BCUT2D eigenvalue weighted by Gasteiger charge is 2.41. The molecule has 0 saturated carbocycles. The molecule has 2 fully saturated rings. The van der Waals surface area contributed by atoms with Gasteiger partial charge in [-0.2, -0.15) is 0 Å². The lowest BCUT2D eigenvalue weighted by atomic mass is 10.1. The minimum atomic E-state index is 0.230. The van der Waals surface area contributed by atoms with Crippen LogP contribution in [0.2, 0.25) is 0 Å². The fourth-order valence-electron chi connectivity index (χ4n) is 4.69. The Morgan fingerprint density at radius 3 is 2.81 bits per heavy atom. The van der Waals surface area contributed by atoms with E-state index in [1.165, 1.54) is 16.7 Å². The van der Waals surface area contributed by atoms with Gasteiger partial charge in [-0.15, -0.1) is 0 Å². The molecular weight excluding hydrogens is 388 g/mol. The number of aliphatic imine (C=N–C) groups is 1. The van der Waals surface area contributed by atoms with E-state index in [1.54, 1.807) is 7.11 Å². The number of rotatable bonds is 6. The SMILES string of the molecule is CN=C(NCCc1cc(C)ccc1OC)N1CC2OCCN(Cc3ccccc3)C2C1. The summed E-state index contributed by atoms with van der Waals surface area (Å²) in [6, 6.07) is 17.4. The molecule has 2 aromatic carbocycles. The molecule has 0 aromatic heterocycles. The van der Waals surface area contributed by atoms with E-state index in [1.807, 2.05) is 13.1 Å². The second kappa shape index (κ2) is 10.2. The lowest BCUT2D eigenvalue weighted by Crippen LogP contribution is -2.50. The number of guanidine groups is 1. The zero-order valence-corrected chi connectivity index (χ0v) is 18.9. The van der Waals surface area contributed by atoms with Gasteiger partial charge in [-0.25, -0.2) is 0 Å². The second-order valence-corrected chi connectivity index (χ2v) is 8.38. The topological polar surface area (TPSA) is 49.3 Å². The van der Waals surface area contributed by atoms with Gasteiger partial charge in [0, 0.05) is 39.8 Å². The lowest BCUT2D eigenvalue weighted by Gasteiger charge is -2.36. The summed E-state index contributed by atoms with van der Waals surface area (Å²) in [4.78, 5) is 9.46. The molecule has 0 radical (unpaired) electrons. The molecule has 2 saturated heterocycles. The third kappa shape index (κ3) is 5.20. The van der Waals surface area contributed by atoms with Crippen molar-refractivity contribution in [2.45, 2.75) is 32.0 Å². The molecule has 1 N–H and O–H groups in total. The molecule has 2 aliphatic heterocycles. The van der Waals surface area contributed by atoms with Crippen LogP contribution in [0.3, 0.4) is 0 Å². The van der Waals surface area contributed by atoms with E-state index in [9.17, 15) is 0 Å². The van der Waals surface area contributed by atoms with Crippen LogP contribution in [0.4, 0.5) is 0 Å². The molecule has 2 atom stereocenters. The molecule has 2 heterocycles. The number of hydrogen-bond donors (Lipinski definition) is 1. The summed E-state index contributed by atoms with van der Waals surface area (Å²) in [6.07, 6.45) is 1.12. The van der Waals surface area contributed by atoms with Crippen LogP contribution in [0.1, 0.15) is 16.7 Å². The smallest absolute Gasteiger partial charge is 0.193 e. The van der Waals surface area contributed by atoms with Crippen LogP contribution in [0.15, 0.2) is 53.5 Å². The normalized spacial score (nSPS) is 21.8. The molecule has 6 heteroatoms. The largest absolute Gasteiger partial charge is 0.496 e. The zero-order valence-electron chi connectivity index (χ0n) is 18.9. The average molecular weight is 423 g/mol. The highest BCUT2D eigenvalue weighted by Crippen LogP contribution is 2.25. The Morgan fingerprint density at radius 1 is 1.19 bits per heavy atom. The quantitative estimate of drug-likeness (QED) is 0.573. The maximum Gasteiger partial charge on any atom is 0.193 e. The van der Waals surface area contributed by atoms with Crippen molar-refractivity contribution in [1.29, 1.82) is 0 Å². The molecule has 0 bridgehead atoms. The van der Waals surface area contributed by atoms with Gasteiger partial charge in [0.15, 0.2) is 5.96 Å². The number of likely N-dealkylation sites (tertiary alicyclic amines) is 1. The van der Waals surface area contributed by atoms with Crippen LogP contribution in [0.5, 0.6) is 5.75 Å². The second-order valence-electron chi connectivity index (χ2n) is 8.38. The number of hydrogen-bond acceptors (Lipinski definition) is 4. The van der Waals surface area contributed by atoms with Gasteiger partial charge in [-0.3, -0.25) is 9.89 Å². The van der Waals surface area contributed by atoms with Crippen molar-refractivity contribution in [3.63, 3.8) is 0 Å². The van der Waals surface area contributed by atoms with E-state index in [2.05, 4.69) is 69.5 Å². The van der Waals surface area contributed by atoms with Gasteiger partial charge in [0.25, 0.3) is 0 Å². The molecule has 0 aliphatic carbocycles. The first-order valence-electron chi connectivity index (χ1n) is 11.2. The molecule has 2 unspecified atom stereocenters. The van der Waals surface area contributed by atoms with Gasteiger partial charge >= 0.3 is 0 Å². The Morgan fingerprint density at radius 2 is 2.03 bits per heavy atom. The monoisotopic (exact) mass is 422 g/mol. The van der Waals surface area contributed by atoms with E-state index < -0.39 is 0 Å². The van der Waals surface area contributed by atoms with Gasteiger partial charge in [0.1, 0.15) is 5.75 Å². The summed E-state index contributed by atoms with van der Waals surface area (Å²) in [5, 5.41) is 3.55. The number of nitrogens with zero attached hydrogens (tertiary/aromatic N) is 3. The summed E-state index contributed by atoms with van der Waals surface area (Å²) < 4.78 is 11.6. The van der Waals surface area contributed by atoms with E-state index in [0.29, 0.717) is 6.04 Å². The van der Waals surface area contributed by atoms with Crippen LogP contribution < -0.4 is 10.1 Å². The average Bonchev–Trinajstić information content (AvgIpc) is 3.23. The van der Waals surface area contributed by atoms with Crippen molar-refractivity contribution in [3.8, 4) is 5.75 Å². The summed E-state index contributed by atoms with van der Waals surface area (Å²) in [5.74, 6) is 1.89. The summed E-state index contributed by atoms with van der Waals surface area (Å²) in [7, 11) is 3.59. The molecule has 166 valence electrons. The first-order chi connectivity index (χ1) is 15.2. The summed E-state index contributed by atoms with van der Waals surface area (Å²) >= 11 is 0. The number of aryl methyl sites for hydroxylation is 1. The van der Waals surface area contributed by atoms with Gasteiger partial charge in [-0.05, 0) is 30.5 Å². The molecular formula is C25H34N4O2. The Kier molecular flexibility index (Phi) is 7.10. The molecule has 6 nitrogen and oxygen atoms in total. The van der Waals surface area contributed by atoms with E-state index in [4.69, 9.17) is 9.47 Å². The van der Waals surface area contributed by atoms with Crippen LogP contribution in [0, 0.1) is 6.92 Å². The molecule has 2 aromatic rings. The van der Waals surface area contributed by atoms with Crippen molar-refractivity contribution in [2.75, 3.05) is 46.9 Å². The third-order valence-corrected chi connectivity index (χ3v) is 6.27. The van der Waals surface area contributed by atoms with Crippen molar-refractivity contribution >= 4 is 5.96 Å². The summed E-state index contributed by atoms with van der Waals surface area (Å²) in [5.41, 5.74) is 3.83. The predicted octanol–water partition coefficient (Wildman–Crippen LogP) is 2.71. The van der Waals surface area contributed by atoms with Crippen molar-refractivity contribution in [1.82, 2.24) is 15.1 Å². The van der Waals surface area contributed by atoms with Gasteiger partial charge in [0.2, 0.25) is 0 Å². The van der Waals surface area contributed by atoms with Crippen LogP contribution in [-0.2, 0) is 17.7 Å². The first-order valence-corrected chi connectivity index (χ1v) is 11.2. The molecule has 2 aliphatic rings. The Hall–Kier alpha value is -2.57. The maximum atomic E-state index is 6.13. The van der Waals surface area contributed by atoms with Gasteiger partial charge in [0.05, 0.1) is 25.9 Å². The van der Waals surface area contributed by atoms with Crippen molar-refractivity contribution < 1.29 is 9.47 Å². The fourth-order valence-corrected chi connectivity index (χ4v) is 4.69. The van der Waals surface area contributed by atoms with Crippen LogP contribution in [0.25, 0.3) is 0 Å². The standard InChI is InChI=1S/C25H34N4O2/c1-19-9-10-23(30-3)21(15-19)11-12-27-25(26-2)29-17-22-24(18-29)31-14-13-28(22)16-20-7-5-4-6-8-20/h4-10,15,22,24H,11-14,16-18H2,1-3H3,(H,26,27). The van der Waals surface area contributed by atoms with E-state index >= 15 is 0 Å². The fraction of sp³-hybridized carbons (Fsp3) is 0.480. The maximum absolute atomic E-state index is 6.13. The Balaban J connectivity index is 1.35. The highest BCUT2D eigenvalue weighted by molar-refractivity contribution is 5.80. The molecule has 0 spiro atoms. The lowest BCUT2D eigenvalue weighted by molar-refractivity contribution is -0.0502. The first kappa shape index (κ1) is 21.7. The number of morpholine rings is 1. The highest BCUT2D eigenvalue weighted by atomic mass is 16.5. The number of nitrogens with one attached hydrogen (secondary N) is 1. The third-order valence-electron chi connectivity index (χ3n) is 6.27. The van der Waals surface area contributed by atoms with E-state index in [0.717, 1.165) is 57.5 Å². The zero-order chi connectivity index (χ0) is 21.6. The molecule has 0 amide bonds. The molecule has 31 heavy (non-hydrogen) atoms. The van der Waals surface area contributed by atoms with Crippen LogP contribution >= 0.6 is 0 Å². The van der Waals surface area contributed by atoms with Gasteiger partial charge < -0.3 is 19.7 Å². The summed E-state index contributed by atoms with van der Waals surface area (Å²) in [6.45, 7) is 7.48. The predicted molar refractivity (Wildman–Crippen MR) is 125 cm³/mol. The Bertz CT molecular complexity index is 886. The van der Waals surface area contributed by atoms with Crippen molar-refractivity contribution in [3.05, 3.63) is 65.2 Å². The minimum absolute atomic E-state index is 0.230. The van der Waals surface area contributed by atoms with Gasteiger partial charge in [-0.1, -0.05) is 48.0 Å². The molecule has 4 rings (SSSR count). The number of methoxy groups -OCH3 is 1. The van der Waals surface area contributed by atoms with E-state index in [-0.39, 0.29) is 6.10 Å².